The molecule has 1 heterocycles. The second kappa shape index (κ2) is 7.33. The van der Waals surface area contributed by atoms with Gasteiger partial charge in [0.1, 0.15) is 11.2 Å². The van der Waals surface area contributed by atoms with Gasteiger partial charge in [0.25, 0.3) is 0 Å². The van der Waals surface area contributed by atoms with Gasteiger partial charge >= 0.3 is 0 Å². The minimum absolute atomic E-state index is 0.951. The summed E-state index contributed by atoms with van der Waals surface area (Å²) in [6, 6.07) is 41.3. The molecular weight excluding hydrogens is 412 g/mol. The number of rotatable bonds is 2. The number of aryl methyl sites for hydroxylation is 1. The third-order valence-corrected chi connectivity index (χ3v) is 6.97. The lowest BCUT2D eigenvalue weighted by atomic mass is 9.91. The Kier molecular flexibility index (Phi) is 4.13. The van der Waals surface area contributed by atoms with Gasteiger partial charge in [0.15, 0.2) is 0 Å². The van der Waals surface area contributed by atoms with E-state index in [0.29, 0.717) is 0 Å². The lowest BCUT2D eigenvalue weighted by molar-refractivity contribution is 0.667. The highest BCUT2D eigenvalue weighted by atomic mass is 16.3. The molecule has 0 fully saturated rings. The van der Waals surface area contributed by atoms with Gasteiger partial charge < -0.3 is 4.42 Å². The highest BCUT2D eigenvalue weighted by Gasteiger charge is 2.14. The predicted octanol–water partition coefficient (Wildman–Crippen LogP) is 9.53. The maximum Gasteiger partial charge on any atom is 0.143 e. The molecule has 0 radical (unpaired) electrons. The normalized spacial score (nSPS) is 11.7. The highest BCUT2D eigenvalue weighted by molar-refractivity contribution is 6.14. The first-order valence-electron chi connectivity index (χ1n) is 11.7. The van der Waals surface area contributed by atoms with Gasteiger partial charge in [-0.2, -0.15) is 0 Å². The molecule has 7 rings (SSSR count). The van der Waals surface area contributed by atoms with Crippen LogP contribution in [0.5, 0.6) is 0 Å². The van der Waals surface area contributed by atoms with Crippen molar-refractivity contribution in [2.45, 2.75) is 6.92 Å². The molecule has 34 heavy (non-hydrogen) atoms. The first-order chi connectivity index (χ1) is 16.8. The van der Waals surface area contributed by atoms with Crippen LogP contribution in [0.1, 0.15) is 5.56 Å². The zero-order valence-corrected chi connectivity index (χ0v) is 18.9. The predicted molar refractivity (Wildman–Crippen MR) is 144 cm³/mol. The van der Waals surface area contributed by atoms with Crippen molar-refractivity contribution < 1.29 is 4.42 Å². The van der Waals surface area contributed by atoms with Gasteiger partial charge in [-0.15, -0.1) is 0 Å². The molecule has 0 aliphatic heterocycles. The van der Waals surface area contributed by atoms with Gasteiger partial charge in [-0.05, 0) is 62.9 Å². The van der Waals surface area contributed by atoms with Gasteiger partial charge in [0.2, 0.25) is 0 Å². The van der Waals surface area contributed by atoms with E-state index < -0.39 is 0 Å². The van der Waals surface area contributed by atoms with Crippen molar-refractivity contribution >= 4 is 43.5 Å². The van der Waals surface area contributed by atoms with Crippen molar-refractivity contribution in [1.82, 2.24) is 0 Å². The smallest absolute Gasteiger partial charge is 0.143 e. The van der Waals surface area contributed by atoms with Crippen molar-refractivity contribution in [2.24, 2.45) is 0 Å². The lowest BCUT2D eigenvalue weighted by Crippen LogP contribution is -1.86. The standard InChI is InChI=1S/C33H22O/c1-21-9-6-17-29-30-18-8-16-26(33(30)34-32(21)29)22-11-7-12-23(19-22)31-20-24-10-2-3-13-25(24)27-14-4-5-15-28(27)31/h2-20H,1H3. The van der Waals surface area contributed by atoms with E-state index >= 15 is 0 Å². The number of hydrogen-bond donors (Lipinski definition) is 0. The van der Waals surface area contributed by atoms with Crippen LogP contribution in [0.15, 0.2) is 120 Å². The molecule has 0 atom stereocenters. The molecule has 0 amide bonds. The van der Waals surface area contributed by atoms with Gasteiger partial charge in [0.05, 0.1) is 0 Å². The fraction of sp³-hybridized carbons (Fsp3) is 0.0303. The number of benzene rings is 6. The fourth-order valence-electron chi connectivity index (χ4n) is 5.34. The van der Waals surface area contributed by atoms with E-state index in [4.69, 9.17) is 4.42 Å². The van der Waals surface area contributed by atoms with Crippen LogP contribution in [0.25, 0.3) is 65.7 Å². The first-order valence-corrected chi connectivity index (χ1v) is 11.7. The van der Waals surface area contributed by atoms with Crippen molar-refractivity contribution in [3.05, 3.63) is 121 Å². The Morgan fingerprint density at radius 1 is 0.441 bits per heavy atom. The molecule has 0 spiro atoms. The average Bonchev–Trinajstić information content (AvgIpc) is 3.29. The lowest BCUT2D eigenvalue weighted by Gasteiger charge is -2.12. The molecule has 6 aromatic carbocycles. The molecule has 160 valence electrons. The Labute approximate surface area is 197 Å². The quantitative estimate of drug-likeness (QED) is 0.247. The Morgan fingerprint density at radius 2 is 1.06 bits per heavy atom. The van der Waals surface area contributed by atoms with Crippen LogP contribution in [0.4, 0.5) is 0 Å². The summed E-state index contributed by atoms with van der Waals surface area (Å²) in [6.45, 7) is 2.11. The van der Waals surface area contributed by atoms with Gasteiger partial charge in [-0.1, -0.05) is 103 Å². The van der Waals surface area contributed by atoms with Crippen LogP contribution < -0.4 is 0 Å². The average molecular weight is 435 g/mol. The van der Waals surface area contributed by atoms with Crippen LogP contribution in [-0.4, -0.2) is 0 Å². The third kappa shape index (κ3) is 2.80. The summed E-state index contributed by atoms with van der Waals surface area (Å²) in [5.74, 6) is 0. The molecule has 0 bridgehead atoms. The summed E-state index contributed by atoms with van der Waals surface area (Å²) < 4.78 is 6.44. The maximum atomic E-state index is 6.44. The minimum Gasteiger partial charge on any atom is -0.455 e. The van der Waals surface area contributed by atoms with E-state index in [1.165, 1.54) is 38.1 Å². The Balaban J connectivity index is 1.48. The number of para-hydroxylation sites is 2. The Morgan fingerprint density at radius 3 is 1.91 bits per heavy atom. The third-order valence-electron chi connectivity index (χ3n) is 6.97. The van der Waals surface area contributed by atoms with Crippen molar-refractivity contribution in [2.75, 3.05) is 0 Å². The fourth-order valence-corrected chi connectivity index (χ4v) is 5.34. The molecule has 1 nitrogen and oxygen atoms in total. The largest absolute Gasteiger partial charge is 0.455 e. The summed E-state index contributed by atoms with van der Waals surface area (Å²) in [7, 11) is 0. The maximum absolute atomic E-state index is 6.44. The van der Waals surface area contributed by atoms with Crippen molar-refractivity contribution in [1.29, 1.82) is 0 Å². The zero-order valence-electron chi connectivity index (χ0n) is 18.9. The van der Waals surface area contributed by atoms with Crippen LogP contribution in [-0.2, 0) is 0 Å². The molecule has 0 saturated carbocycles. The van der Waals surface area contributed by atoms with Crippen LogP contribution in [0.3, 0.4) is 0 Å². The van der Waals surface area contributed by atoms with Crippen LogP contribution in [0.2, 0.25) is 0 Å². The molecule has 0 aliphatic rings. The second-order valence-corrected chi connectivity index (χ2v) is 9.01. The number of fused-ring (bicyclic) bond motifs is 6. The van der Waals surface area contributed by atoms with Crippen molar-refractivity contribution in [3.63, 3.8) is 0 Å². The summed E-state index contributed by atoms with van der Waals surface area (Å²) in [5.41, 5.74) is 7.84. The first kappa shape index (κ1) is 19.1. The Bertz CT molecular complexity index is 1870. The van der Waals surface area contributed by atoms with E-state index in [1.54, 1.807) is 0 Å². The van der Waals surface area contributed by atoms with E-state index in [2.05, 4.69) is 122 Å². The van der Waals surface area contributed by atoms with E-state index in [1.807, 2.05) is 0 Å². The number of hydrogen-bond acceptors (Lipinski definition) is 1. The van der Waals surface area contributed by atoms with Gasteiger partial charge in [-0.3, -0.25) is 0 Å². The molecule has 0 aliphatic carbocycles. The Hall–Kier alpha value is -4.36. The monoisotopic (exact) mass is 434 g/mol. The number of furan rings is 1. The van der Waals surface area contributed by atoms with E-state index in [-0.39, 0.29) is 0 Å². The van der Waals surface area contributed by atoms with Gasteiger partial charge in [0, 0.05) is 16.3 Å². The molecule has 7 aromatic rings. The molecular formula is C33H22O. The molecule has 1 aromatic heterocycles. The summed E-state index contributed by atoms with van der Waals surface area (Å²) >= 11 is 0. The van der Waals surface area contributed by atoms with Crippen LogP contribution >= 0.6 is 0 Å². The van der Waals surface area contributed by atoms with E-state index in [9.17, 15) is 0 Å². The summed E-state index contributed by atoms with van der Waals surface area (Å²) in [4.78, 5) is 0. The van der Waals surface area contributed by atoms with Gasteiger partial charge in [-0.25, -0.2) is 0 Å². The van der Waals surface area contributed by atoms with Crippen molar-refractivity contribution in [3.8, 4) is 22.3 Å². The minimum atomic E-state index is 0.951. The molecule has 1 heteroatoms. The van der Waals surface area contributed by atoms with E-state index in [0.717, 1.165) is 33.2 Å². The SMILES string of the molecule is Cc1cccc2c1oc1c(-c3cccc(-c4cc5ccccc5c5ccccc45)c3)cccc12. The topological polar surface area (TPSA) is 13.1 Å². The zero-order chi connectivity index (χ0) is 22.6. The summed E-state index contributed by atoms with van der Waals surface area (Å²) in [5, 5.41) is 7.45. The molecule has 0 saturated heterocycles. The molecule has 0 unspecified atom stereocenters. The highest BCUT2D eigenvalue weighted by Crippen LogP contribution is 2.39. The summed E-state index contributed by atoms with van der Waals surface area (Å²) in [6.07, 6.45) is 0. The second-order valence-electron chi connectivity index (χ2n) is 9.01. The van der Waals surface area contributed by atoms with Crippen LogP contribution in [0, 0.1) is 6.92 Å². The molecule has 0 N–H and O–H groups in total.